The van der Waals surface area contributed by atoms with Crippen molar-refractivity contribution in [2.75, 3.05) is 26.3 Å². The van der Waals surface area contributed by atoms with Gasteiger partial charge in [0.15, 0.2) is 5.96 Å². The van der Waals surface area contributed by atoms with E-state index in [4.69, 9.17) is 9.47 Å². The van der Waals surface area contributed by atoms with Crippen molar-refractivity contribution < 1.29 is 9.47 Å². The molecule has 0 radical (unpaired) electrons. The highest BCUT2D eigenvalue weighted by Gasteiger charge is 2.01. The number of nitrogens with one attached hydrogen (secondary N) is 2. The van der Waals surface area contributed by atoms with Gasteiger partial charge in [-0.05, 0) is 39.2 Å². The predicted molar refractivity (Wildman–Crippen MR) is 103 cm³/mol. The van der Waals surface area contributed by atoms with Gasteiger partial charge in [-0.15, -0.1) is 0 Å². The molecule has 0 fully saturated rings. The Morgan fingerprint density at radius 3 is 2.60 bits per heavy atom. The lowest BCUT2D eigenvalue weighted by Crippen LogP contribution is -2.38. The monoisotopic (exact) mass is 350 g/mol. The highest BCUT2D eigenvalue weighted by Crippen LogP contribution is 2.10. The van der Waals surface area contributed by atoms with Gasteiger partial charge in [-0.2, -0.15) is 0 Å². The third-order valence-corrected chi connectivity index (χ3v) is 3.32. The summed E-state index contributed by atoms with van der Waals surface area (Å²) >= 11 is 0. The summed E-state index contributed by atoms with van der Waals surface area (Å²) in [6, 6.07) is 3.89. The smallest absolute Gasteiger partial charge is 0.213 e. The molecule has 0 bridgehead atoms. The van der Waals surface area contributed by atoms with Gasteiger partial charge < -0.3 is 20.1 Å². The zero-order chi connectivity index (χ0) is 18.3. The molecular weight excluding hydrogens is 316 g/mol. The number of ether oxygens (including phenoxy) is 2. The van der Waals surface area contributed by atoms with Crippen LogP contribution >= 0.6 is 0 Å². The maximum Gasteiger partial charge on any atom is 0.213 e. The van der Waals surface area contributed by atoms with E-state index in [2.05, 4.69) is 34.5 Å². The summed E-state index contributed by atoms with van der Waals surface area (Å²) in [6.07, 6.45) is 5.22. The fourth-order valence-corrected chi connectivity index (χ4v) is 2.06. The SMILES string of the molecule is CCCCOCCCNC(=NCc1ccc(OC(C)C)nc1)NCC. The lowest BCUT2D eigenvalue weighted by Gasteiger charge is -2.12. The van der Waals surface area contributed by atoms with E-state index in [1.165, 1.54) is 6.42 Å². The van der Waals surface area contributed by atoms with Crippen molar-refractivity contribution in [3.8, 4) is 5.88 Å². The molecular formula is C19H34N4O2. The van der Waals surface area contributed by atoms with E-state index in [1.54, 1.807) is 0 Å². The fourth-order valence-electron chi connectivity index (χ4n) is 2.06. The molecule has 2 N–H and O–H groups in total. The number of pyridine rings is 1. The maximum atomic E-state index is 5.56. The van der Waals surface area contributed by atoms with Gasteiger partial charge in [-0.3, -0.25) is 0 Å². The number of rotatable bonds is 12. The highest BCUT2D eigenvalue weighted by atomic mass is 16.5. The van der Waals surface area contributed by atoms with Crippen molar-refractivity contribution >= 4 is 5.96 Å². The first-order valence-electron chi connectivity index (χ1n) is 9.37. The first-order valence-corrected chi connectivity index (χ1v) is 9.37. The molecule has 0 aliphatic heterocycles. The van der Waals surface area contributed by atoms with Gasteiger partial charge in [-0.1, -0.05) is 19.4 Å². The minimum absolute atomic E-state index is 0.131. The Morgan fingerprint density at radius 1 is 1.16 bits per heavy atom. The number of aromatic nitrogens is 1. The molecule has 6 nitrogen and oxygen atoms in total. The number of hydrogen-bond donors (Lipinski definition) is 2. The molecule has 0 atom stereocenters. The summed E-state index contributed by atoms with van der Waals surface area (Å²) in [4.78, 5) is 8.90. The van der Waals surface area contributed by atoms with Crippen LogP contribution in [0.3, 0.4) is 0 Å². The molecule has 0 spiro atoms. The average Bonchev–Trinajstić information content (AvgIpc) is 2.59. The second-order valence-corrected chi connectivity index (χ2v) is 6.11. The molecule has 6 heteroatoms. The van der Waals surface area contributed by atoms with Crippen LogP contribution in [0.25, 0.3) is 0 Å². The molecule has 0 unspecified atom stereocenters. The minimum Gasteiger partial charge on any atom is -0.475 e. The predicted octanol–water partition coefficient (Wildman–Crippen LogP) is 3.13. The number of nitrogens with zero attached hydrogens (tertiary/aromatic N) is 2. The average molecular weight is 351 g/mol. The fraction of sp³-hybridized carbons (Fsp3) is 0.684. The quantitative estimate of drug-likeness (QED) is 0.344. The Labute approximate surface area is 152 Å². The second kappa shape index (κ2) is 13.5. The Morgan fingerprint density at radius 2 is 1.96 bits per heavy atom. The van der Waals surface area contributed by atoms with Gasteiger partial charge in [0, 0.05) is 38.6 Å². The van der Waals surface area contributed by atoms with Crippen molar-refractivity contribution in [2.24, 2.45) is 4.99 Å². The molecule has 0 aliphatic rings. The van der Waals surface area contributed by atoms with E-state index in [0.717, 1.165) is 50.7 Å². The molecule has 0 saturated carbocycles. The van der Waals surface area contributed by atoms with Gasteiger partial charge in [0.2, 0.25) is 5.88 Å². The summed E-state index contributed by atoms with van der Waals surface area (Å²) in [5, 5.41) is 6.59. The van der Waals surface area contributed by atoms with Crippen LogP contribution < -0.4 is 15.4 Å². The van der Waals surface area contributed by atoms with E-state index in [0.29, 0.717) is 12.4 Å². The standard InChI is InChI=1S/C19H34N4O2/c1-5-7-12-24-13-8-11-21-19(20-6-2)23-15-17-9-10-18(22-14-17)25-16(3)4/h9-10,14,16H,5-8,11-13,15H2,1-4H3,(H2,20,21,23). The van der Waals surface area contributed by atoms with E-state index < -0.39 is 0 Å². The lowest BCUT2D eigenvalue weighted by atomic mass is 10.3. The molecule has 0 saturated heterocycles. The molecule has 0 aliphatic carbocycles. The third kappa shape index (κ3) is 10.6. The molecule has 1 aromatic rings. The van der Waals surface area contributed by atoms with Crippen molar-refractivity contribution in [1.29, 1.82) is 0 Å². The number of aliphatic imine (C=N–C) groups is 1. The number of unbranched alkanes of at least 4 members (excludes halogenated alkanes) is 1. The summed E-state index contributed by atoms with van der Waals surface area (Å²) < 4.78 is 11.1. The number of guanidine groups is 1. The molecule has 1 heterocycles. The molecule has 0 amide bonds. The second-order valence-electron chi connectivity index (χ2n) is 6.11. The van der Waals surface area contributed by atoms with Gasteiger partial charge in [0.05, 0.1) is 12.6 Å². The van der Waals surface area contributed by atoms with Crippen LogP contribution in [0.5, 0.6) is 5.88 Å². The Kier molecular flexibility index (Phi) is 11.4. The van der Waals surface area contributed by atoms with E-state index in [1.807, 2.05) is 32.2 Å². The van der Waals surface area contributed by atoms with Crippen LogP contribution in [-0.4, -0.2) is 43.4 Å². The van der Waals surface area contributed by atoms with E-state index in [9.17, 15) is 0 Å². The Hall–Kier alpha value is -1.82. The topological polar surface area (TPSA) is 67.8 Å². The van der Waals surface area contributed by atoms with Gasteiger partial charge in [0.1, 0.15) is 0 Å². The van der Waals surface area contributed by atoms with Crippen molar-refractivity contribution in [2.45, 2.75) is 59.6 Å². The number of hydrogen-bond acceptors (Lipinski definition) is 4. The van der Waals surface area contributed by atoms with Crippen LogP contribution in [0.15, 0.2) is 23.3 Å². The van der Waals surface area contributed by atoms with Crippen LogP contribution in [-0.2, 0) is 11.3 Å². The zero-order valence-electron chi connectivity index (χ0n) is 16.2. The molecule has 25 heavy (non-hydrogen) atoms. The Bertz CT molecular complexity index is 475. The largest absolute Gasteiger partial charge is 0.475 e. The van der Waals surface area contributed by atoms with Crippen molar-refractivity contribution in [3.05, 3.63) is 23.9 Å². The Balaban J connectivity index is 2.36. The summed E-state index contributed by atoms with van der Waals surface area (Å²) in [6.45, 7) is 12.1. The van der Waals surface area contributed by atoms with E-state index in [-0.39, 0.29) is 6.10 Å². The van der Waals surface area contributed by atoms with Crippen LogP contribution in [0.4, 0.5) is 0 Å². The van der Waals surface area contributed by atoms with Crippen LogP contribution in [0.2, 0.25) is 0 Å². The molecule has 0 aromatic carbocycles. The van der Waals surface area contributed by atoms with Crippen LogP contribution in [0.1, 0.15) is 52.5 Å². The van der Waals surface area contributed by atoms with Gasteiger partial charge >= 0.3 is 0 Å². The van der Waals surface area contributed by atoms with Crippen molar-refractivity contribution in [1.82, 2.24) is 15.6 Å². The first-order chi connectivity index (χ1) is 12.2. The third-order valence-electron chi connectivity index (χ3n) is 3.32. The summed E-state index contributed by atoms with van der Waals surface area (Å²) in [7, 11) is 0. The van der Waals surface area contributed by atoms with Crippen LogP contribution in [0, 0.1) is 0 Å². The van der Waals surface area contributed by atoms with Crippen molar-refractivity contribution in [3.63, 3.8) is 0 Å². The maximum absolute atomic E-state index is 5.56. The lowest BCUT2D eigenvalue weighted by molar-refractivity contribution is 0.129. The molecule has 1 aromatic heterocycles. The minimum atomic E-state index is 0.131. The van der Waals surface area contributed by atoms with Gasteiger partial charge in [0.25, 0.3) is 0 Å². The summed E-state index contributed by atoms with van der Waals surface area (Å²) in [5.74, 6) is 1.47. The molecule has 142 valence electrons. The highest BCUT2D eigenvalue weighted by molar-refractivity contribution is 5.79. The normalized spacial score (nSPS) is 11.6. The first kappa shape index (κ1) is 21.2. The summed E-state index contributed by atoms with van der Waals surface area (Å²) in [5.41, 5.74) is 1.05. The van der Waals surface area contributed by atoms with E-state index >= 15 is 0 Å². The van der Waals surface area contributed by atoms with Gasteiger partial charge in [-0.25, -0.2) is 9.98 Å². The molecule has 1 rings (SSSR count). The zero-order valence-corrected chi connectivity index (χ0v) is 16.2.